The zero-order chi connectivity index (χ0) is 23.1. The number of hydrogen-bond donors (Lipinski definition) is 1. The van der Waals surface area contributed by atoms with E-state index in [0.717, 1.165) is 34.9 Å². The van der Waals surface area contributed by atoms with Gasteiger partial charge in [-0.1, -0.05) is 18.6 Å². The number of likely N-dealkylation sites (N-methyl/N-ethyl adjacent to an activating group) is 1. The molecule has 1 fully saturated rings. The molecular formula is C25H25BrN2O5. The van der Waals surface area contributed by atoms with Crippen LogP contribution in [-0.4, -0.2) is 44.1 Å². The van der Waals surface area contributed by atoms with Crippen LogP contribution < -0.4 is 19.5 Å². The molecule has 3 aliphatic rings. The average Bonchev–Trinajstić information content (AvgIpc) is 3.18. The van der Waals surface area contributed by atoms with Crippen molar-refractivity contribution in [1.29, 1.82) is 0 Å². The van der Waals surface area contributed by atoms with Crippen molar-refractivity contribution in [3.8, 4) is 17.2 Å². The van der Waals surface area contributed by atoms with Gasteiger partial charge < -0.3 is 24.4 Å². The molecule has 0 bridgehead atoms. The molecule has 1 saturated carbocycles. The summed E-state index contributed by atoms with van der Waals surface area (Å²) in [7, 11) is 3.49. The zero-order valence-corrected chi connectivity index (χ0v) is 20.2. The predicted octanol–water partition coefficient (Wildman–Crippen LogP) is 4.64. The lowest BCUT2D eigenvalue weighted by Gasteiger charge is -2.24. The van der Waals surface area contributed by atoms with E-state index < -0.39 is 0 Å². The molecule has 0 atom stereocenters. The van der Waals surface area contributed by atoms with Gasteiger partial charge in [-0.05, 0) is 59.0 Å². The Hall–Kier alpha value is -3.00. The molecule has 2 aromatic rings. The number of methoxy groups -OCH3 is 1. The Kier molecular flexibility index (Phi) is 5.78. The highest BCUT2D eigenvalue weighted by atomic mass is 79.9. The molecule has 0 aromatic heterocycles. The molecule has 1 aliphatic carbocycles. The van der Waals surface area contributed by atoms with Crippen molar-refractivity contribution >= 4 is 39.4 Å². The van der Waals surface area contributed by atoms with Crippen molar-refractivity contribution in [1.82, 2.24) is 4.90 Å². The molecule has 33 heavy (non-hydrogen) atoms. The fourth-order valence-corrected chi connectivity index (χ4v) is 5.12. The molecule has 2 aliphatic heterocycles. The Morgan fingerprint density at radius 1 is 1.21 bits per heavy atom. The van der Waals surface area contributed by atoms with Crippen LogP contribution in [0.4, 0.5) is 5.69 Å². The van der Waals surface area contributed by atoms with E-state index in [2.05, 4.69) is 21.2 Å². The van der Waals surface area contributed by atoms with Crippen molar-refractivity contribution < 1.29 is 23.8 Å². The molecule has 5 rings (SSSR count). The average molecular weight is 513 g/mol. The van der Waals surface area contributed by atoms with E-state index in [0.29, 0.717) is 47.2 Å². The number of Topliss-reactive ketones (excluding diaryl/α,β-unsaturated/α-hetero) is 1. The smallest absolute Gasteiger partial charge is 0.231 e. The standard InChI is InChI=1S/C25H25BrN2O5/c1-28-10-9-17-18(22(31-2)24-23(20(17)26)32-13-33-24)12-19(28)21(29)15-7-4-8-16(11-15)27-25(30)14-5-3-6-14/h4,7-8,11-12,14H,3,5-6,9-10,13H2,1-2H3,(H,27,30). The topological polar surface area (TPSA) is 77.1 Å². The number of halogens is 1. The van der Waals surface area contributed by atoms with E-state index in [-0.39, 0.29) is 24.4 Å². The number of amides is 1. The number of carbonyl (C=O) groups excluding carboxylic acids is 2. The van der Waals surface area contributed by atoms with E-state index in [1.807, 2.05) is 24.1 Å². The second-order valence-electron chi connectivity index (χ2n) is 8.53. The van der Waals surface area contributed by atoms with Gasteiger partial charge in [0.1, 0.15) is 0 Å². The molecule has 1 N–H and O–H groups in total. The third-order valence-corrected chi connectivity index (χ3v) is 7.39. The van der Waals surface area contributed by atoms with Crippen LogP contribution in [0.15, 0.2) is 34.4 Å². The van der Waals surface area contributed by atoms with Gasteiger partial charge in [-0.15, -0.1) is 0 Å². The summed E-state index contributed by atoms with van der Waals surface area (Å²) in [6.45, 7) is 0.770. The Bertz CT molecular complexity index is 1170. The second kappa shape index (κ2) is 8.74. The predicted molar refractivity (Wildman–Crippen MR) is 128 cm³/mol. The summed E-state index contributed by atoms with van der Waals surface area (Å²) >= 11 is 3.66. The molecule has 8 heteroatoms. The number of carbonyl (C=O) groups is 2. The van der Waals surface area contributed by atoms with Gasteiger partial charge in [0, 0.05) is 36.3 Å². The maximum Gasteiger partial charge on any atom is 0.231 e. The highest BCUT2D eigenvalue weighted by molar-refractivity contribution is 9.10. The molecule has 7 nitrogen and oxygen atoms in total. The van der Waals surface area contributed by atoms with Gasteiger partial charge in [-0.3, -0.25) is 9.59 Å². The van der Waals surface area contributed by atoms with Crippen LogP contribution in [0.5, 0.6) is 17.2 Å². The highest BCUT2D eigenvalue weighted by Gasteiger charge is 2.32. The lowest BCUT2D eigenvalue weighted by Crippen LogP contribution is -2.28. The van der Waals surface area contributed by atoms with Crippen LogP contribution in [0, 0.1) is 5.92 Å². The van der Waals surface area contributed by atoms with Gasteiger partial charge >= 0.3 is 0 Å². The van der Waals surface area contributed by atoms with Crippen LogP contribution >= 0.6 is 15.9 Å². The van der Waals surface area contributed by atoms with Crippen molar-refractivity contribution in [2.75, 3.05) is 32.8 Å². The highest BCUT2D eigenvalue weighted by Crippen LogP contribution is 2.51. The summed E-state index contributed by atoms with van der Waals surface area (Å²) < 4.78 is 17.8. The maximum atomic E-state index is 13.6. The fourth-order valence-electron chi connectivity index (χ4n) is 4.41. The van der Waals surface area contributed by atoms with Crippen LogP contribution in [0.25, 0.3) is 6.08 Å². The number of anilines is 1. The molecule has 0 spiro atoms. The lowest BCUT2D eigenvalue weighted by atomic mass is 9.85. The number of ketones is 1. The van der Waals surface area contributed by atoms with Crippen molar-refractivity contribution in [3.63, 3.8) is 0 Å². The summed E-state index contributed by atoms with van der Waals surface area (Å²) in [6, 6.07) is 7.12. The van der Waals surface area contributed by atoms with Gasteiger partial charge in [0.2, 0.25) is 24.2 Å². The van der Waals surface area contributed by atoms with Gasteiger partial charge in [0.15, 0.2) is 11.5 Å². The van der Waals surface area contributed by atoms with E-state index in [1.54, 1.807) is 25.3 Å². The molecule has 2 heterocycles. The van der Waals surface area contributed by atoms with E-state index >= 15 is 0 Å². The van der Waals surface area contributed by atoms with Crippen LogP contribution in [0.1, 0.15) is 40.7 Å². The van der Waals surface area contributed by atoms with Crippen molar-refractivity contribution in [3.05, 3.63) is 51.1 Å². The minimum atomic E-state index is -0.124. The molecule has 0 radical (unpaired) electrons. The maximum absolute atomic E-state index is 13.6. The summed E-state index contributed by atoms with van der Waals surface area (Å²) in [5, 5.41) is 2.95. The molecule has 172 valence electrons. The molecule has 0 unspecified atom stereocenters. The Balaban J connectivity index is 1.51. The van der Waals surface area contributed by atoms with Crippen molar-refractivity contribution in [2.24, 2.45) is 5.92 Å². The number of ether oxygens (including phenoxy) is 3. The first-order valence-corrected chi connectivity index (χ1v) is 11.8. The largest absolute Gasteiger partial charge is 0.492 e. The van der Waals surface area contributed by atoms with Gasteiger partial charge in [-0.2, -0.15) is 0 Å². The fraction of sp³-hybridized carbons (Fsp3) is 0.360. The van der Waals surface area contributed by atoms with E-state index in [1.165, 1.54) is 0 Å². The number of nitrogens with zero attached hydrogens (tertiary/aromatic N) is 1. The first kappa shape index (κ1) is 21.8. The normalized spacial score (nSPS) is 16.9. The van der Waals surface area contributed by atoms with Gasteiger partial charge in [0.25, 0.3) is 0 Å². The summed E-state index contributed by atoms with van der Waals surface area (Å²) in [4.78, 5) is 27.9. The summed E-state index contributed by atoms with van der Waals surface area (Å²) in [5.41, 5.74) is 3.50. The summed E-state index contributed by atoms with van der Waals surface area (Å²) in [6.07, 6.45) is 5.51. The number of rotatable bonds is 5. The third-order valence-electron chi connectivity index (χ3n) is 6.55. The molecule has 0 saturated heterocycles. The van der Waals surface area contributed by atoms with Crippen LogP contribution in [-0.2, 0) is 11.2 Å². The SMILES string of the molecule is COc1c2c(c(Br)c3c1OCO3)CCN(C)C(C(=O)c1cccc(NC(=O)C3CCC3)c1)=C2. The third kappa shape index (κ3) is 3.86. The van der Waals surface area contributed by atoms with Crippen molar-refractivity contribution in [2.45, 2.75) is 25.7 Å². The number of nitrogens with one attached hydrogen (secondary N) is 1. The van der Waals surface area contributed by atoms with E-state index in [4.69, 9.17) is 14.2 Å². The minimum absolute atomic E-state index is 0.0243. The minimum Gasteiger partial charge on any atom is -0.492 e. The quantitative estimate of drug-likeness (QED) is 0.588. The lowest BCUT2D eigenvalue weighted by molar-refractivity contribution is -0.122. The Morgan fingerprint density at radius 3 is 2.73 bits per heavy atom. The Labute approximate surface area is 200 Å². The number of benzene rings is 2. The molecular weight excluding hydrogens is 488 g/mol. The molecule has 1 amide bonds. The zero-order valence-electron chi connectivity index (χ0n) is 18.6. The number of allylic oxidation sites excluding steroid dienone is 1. The number of fused-ring (bicyclic) bond motifs is 2. The van der Waals surface area contributed by atoms with Gasteiger partial charge in [-0.25, -0.2) is 0 Å². The Morgan fingerprint density at radius 2 is 2.00 bits per heavy atom. The van der Waals surface area contributed by atoms with Crippen LogP contribution in [0.2, 0.25) is 0 Å². The summed E-state index contributed by atoms with van der Waals surface area (Å²) in [5.74, 6) is 1.71. The van der Waals surface area contributed by atoms with E-state index in [9.17, 15) is 9.59 Å². The molecule has 2 aromatic carbocycles. The monoisotopic (exact) mass is 512 g/mol. The number of hydrogen-bond acceptors (Lipinski definition) is 6. The first-order chi connectivity index (χ1) is 16.0. The first-order valence-electron chi connectivity index (χ1n) is 11.0. The van der Waals surface area contributed by atoms with Crippen LogP contribution in [0.3, 0.4) is 0 Å². The van der Waals surface area contributed by atoms with Gasteiger partial charge in [0.05, 0.1) is 17.3 Å². The second-order valence-corrected chi connectivity index (χ2v) is 9.33.